The maximum absolute atomic E-state index is 14.5. The Morgan fingerprint density at radius 1 is 0.631 bits per heavy atom. The fraction of sp³-hybridized carbons (Fsp3) is 0.239. The molecule has 1 unspecified atom stereocenters. The number of carbonyl (C=O) groups is 7. The van der Waals surface area contributed by atoms with Gasteiger partial charge < -0.3 is 62.0 Å². The van der Waals surface area contributed by atoms with E-state index in [1.165, 1.54) is 26.1 Å². The molecule has 338 valence electrons. The lowest BCUT2D eigenvalue weighted by Gasteiger charge is -2.31. The van der Waals surface area contributed by atoms with Crippen LogP contribution in [0.15, 0.2) is 115 Å². The number of H-pyrrole nitrogens is 1. The standard InChI is InChI=1S/C46H47N7O12/c1-24-40(58)52-38(28-18-30(54)22-31(55)19-28)45(63)53-39(29-20-32(56)23-33(57)21-29)46(64)65-25(2)37(44(62)50-35(42(60)48-24)16-26-10-5-3-6-11-26)51-43(61)36(17-27-12-7-4-8-13-27)49-41(59)34-14-9-15-47-34/h3-15,18-25,35-39,47,54-57H,16-17H2,1-2H3,(H,48,60)(H,49,59)(H,50,62)(H,51,61)(H,52,58)(H,53,63)/t24-,25-,35-,36+,37-,38?,39-/m1/s1. The van der Waals surface area contributed by atoms with Gasteiger partial charge in [0.1, 0.15) is 65.0 Å². The summed E-state index contributed by atoms with van der Waals surface area (Å²) in [4.78, 5) is 101. The monoisotopic (exact) mass is 889 g/mol. The highest BCUT2D eigenvalue weighted by Gasteiger charge is 2.39. The minimum Gasteiger partial charge on any atom is -0.508 e. The lowest BCUT2D eigenvalue weighted by Crippen LogP contribution is -2.62. The molecule has 11 N–H and O–H groups in total. The summed E-state index contributed by atoms with van der Waals surface area (Å²) in [7, 11) is 0. The maximum atomic E-state index is 14.5. The van der Waals surface area contributed by atoms with Gasteiger partial charge in [0.2, 0.25) is 29.5 Å². The molecule has 19 nitrogen and oxygen atoms in total. The third-order valence-electron chi connectivity index (χ3n) is 10.4. The van der Waals surface area contributed by atoms with Crippen LogP contribution < -0.4 is 31.9 Å². The predicted molar refractivity (Wildman–Crippen MR) is 231 cm³/mol. The summed E-state index contributed by atoms with van der Waals surface area (Å²) in [6.45, 7) is 2.54. The van der Waals surface area contributed by atoms with Crippen molar-refractivity contribution in [2.24, 2.45) is 0 Å². The number of nitrogens with one attached hydrogen (secondary N) is 7. The Labute approximate surface area is 371 Å². The maximum Gasteiger partial charge on any atom is 0.333 e. The first kappa shape index (κ1) is 46.2. The van der Waals surface area contributed by atoms with Crippen LogP contribution in [0.3, 0.4) is 0 Å². The van der Waals surface area contributed by atoms with Gasteiger partial charge in [-0.1, -0.05) is 60.7 Å². The number of aromatic hydroxyl groups is 4. The molecule has 65 heavy (non-hydrogen) atoms. The van der Waals surface area contributed by atoms with E-state index in [0.29, 0.717) is 11.1 Å². The van der Waals surface area contributed by atoms with Gasteiger partial charge in [0.25, 0.3) is 5.91 Å². The van der Waals surface area contributed by atoms with Gasteiger partial charge in [-0.2, -0.15) is 0 Å². The molecule has 1 aromatic heterocycles. The van der Waals surface area contributed by atoms with Gasteiger partial charge in [0.15, 0.2) is 6.04 Å². The van der Waals surface area contributed by atoms with E-state index in [2.05, 4.69) is 36.9 Å². The van der Waals surface area contributed by atoms with Crippen LogP contribution in [-0.4, -0.2) is 97.1 Å². The van der Waals surface area contributed by atoms with Crippen LogP contribution in [0.5, 0.6) is 23.0 Å². The molecule has 6 rings (SSSR count). The number of aromatic nitrogens is 1. The molecule has 2 heterocycles. The highest BCUT2D eigenvalue weighted by atomic mass is 16.5. The highest BCUT2D eigenvalue weighted by molar-refractivity contribution is 5.99. The minimum absolute atomic E-state index is 0.0617. The second-order valence-electron chi connectivity index (χ2n) is 15.4. The van der Waals surface area contributed by atoms with Crippen molar-refractivity contribution in [3.8, 4) is 23.0 Å². The number of amides is 6. The number of phenols is 4. The van der Waals surface area contributed by atoms with Crippen molar-refractivity contribution in [1.82, 2.24) is 36.9 Å². The van der Waals surface area contributed by atoms with Crippen LogP contribution in [0.25, 0.3) is 0 Å². The fourth-order valence-corrected chi connectivity index (χ4v) is 7.08. The summed E-state index contributed by atoms with van der Waals surface area (Å²) in [6.07, 6.45) is -0.311. The first-order valence-corrected chi connectivity index (χ1v) is 20.3. The van der Waals surface area contributed by atoms with Gasteiger partial charge in [-0.15, -0.1) is 0 Å². The smallest absolute Gasteiger partial charge is 0.333 e. The second kappa shape index (κ2) is 20.7. The number of phenolic OH excluding ortho intramolecular Hbond substituents is 4. The molecule has 0 radical (unpaired) electrons. The van der Waals surface area contributed by atoms with Crippen molar-refractivity contribution in [3.63, 3.8) is 0 Å². The number of hydrogen-bond donors (Lipinski definition) is 11. The Hall–Kier alpha value is -8.35. The van der Waals surface area contributed by atoms with Crippen molar-refractivity contribution in [2.75, 3.05) is 0 Å². The van der Waals surface area contributed by atoms with Crippen molar-refractivity contribution < 1.29 is 58.7 Å². The van der Waals surface area contributed by atoms with E-state index >= 15 is 0 Å². The third-order valence-corrected chi connectivity index (χ3v) is 10.4. The largest absolute Gasteiger partial charge is 0.508 e. The molecule has 19 heteroatoms. The molecule has 0 bridgehead atoms. The van der Waals surface area contributed by atoms with Crippen LogP contribution >= 0.6 is 0 Å². The van der Waals surface area contributed by atoms with Crippen LogP contribution in [0.1, 0.15) is 58.7 Å². The Kier molecular flexibility index (Phi) is 14.7. The molecule has 6 amide bonds. The SMILES string of the molecule is C[C@H]1NC(=O)[C@@H](Cc2ccccc2)NC(=O)[C@H](NC(=O)[C@H](Cc2ccccc2)NC(=O)c2ccc[nH]2)[C@@H](C)OC(=O)[C@@H](c2cc(O)cc(O)c2)NC(=O)C(c2cc(O)cc(O)c2)NC1=O. The molecular weight excluding hydrogens is 843 g/mol. The lowest BCUT2D eigenvalue weighted by molar-refractivity contribution is -0.156. The first-order chi connectivity index (χ1) is 31.0. The van der Waals surface area contributed by atoms with Gasteiger partial charge in [-0.3, -0.25) is 28.8 Å². The zero-order chi connectivity index (χ0) is 46.8. The third kappa shape index (κ3) is 12.2. The Morgan fingerprint density at radius 2 is 1.18 bits per heavy atom. The van der Waals surface area contributed by atoms with Gasteiger partial charge in [-0.05, 0) is 72.5 Å². The quantitative estimate of drug-likeness (QED) is 0.0891. The number of benzene rings is 4. The summed E-state index contributed by atoms with van der Waals surface area (Å²) in [5.74, 6) is -8.93. The molecule has 4 aromatic carbocycles. The Morgan fingerprint density at radius 3 is 1.75 bits per heavy atom. The summed E-state index contributed by atoms with van der Waals surface area (Å²) < 4.78 is 5.81. The summed E-state index contributed by atoms with van der Waals surface area (Å²) in [5.41, 5.74) is 0.935. The van der Waals surface area contributed by atoms with Crippen LogP contribution in [0.4, 0.5) is 0 Å². The van der Waals surface area contributed by atoms with Gasteiger partial charge in [-0.25, -0.2) is 4.79 Å². The predicted octanol–water partition coefficient (Wildman–Crippen LogP) is 1.56. The molecule has 1 aliphatic heterocycles. The van der Waals surface area contributed by atoms with E-state index in [1.54, 1.807) is 66.7 Å². The van der Waals surface area contributed by atoms with E-state index in [4.69, 9.17) is 4.74 Å². The first-order valence-electron chi connectivity index (χ1n) is 20.3. The molecule has 0 saturated carbocycles. The number of hydrogen-bond acceptors (Lipinski definition) is 12. The van der Waals surface area contributed by atoms with Crippen molar-refractivity contribution in [1.29, 1.82) is 0 Å². The van der Waals surface area contributed by atoms with E-state index in [0.717, 1.165) is 36.4 Å². The normalized spacial score (nSPS) is 21.4. The van der Waals surface area contributed by atoms with E-state index < -0.39 is 107 Å². The van der Waals surface area contributed by atoms with E-state index in [-0.39, 0.29) is 29.7 Å². The number of ether oxygens (including phenoxy) is 1. The number of rotatable bonds is 10. The Balaban J connectivity index is 1.43. The van der Waals surface area contributed by atoms with Crippen LogP contribution in [-0.2, 0) is 46.3 Å². The van der Waals surface area contributed by atoms with Gasteiger partial charge >= 0.3 is 5.97 Å². The molecule has 5 aromatic rings. The lowest BCUT2D eigenvalue weighted by atomic mass is 10.0. The zero-order valence-electron chi connectivity index (χ0n) is 35.0. The Bertz CT molecular complexity index is 2500. The van der Waals surface area contributed by atoms with E-state index in [9.17, 15) is 54.0 Å². The van der Waals surface area contributed by atoms with Crippen LogP contribution in [0, 0.1) is 0 Å². The average Bonchev–Trinajstić information content (AvgIpc) is 3.81. The van der Waals surface area contributed by atoms with E-state index in [1.807, 2.05) is 0 Å². The topological polar surface area (TPSA) is 298 Å². The highest BCUT2D eigenvalue weighted by Crippen LogP contribution is 2.29. The molecular formula is C46H47N7O12. The minimum atomic E-state index is -1.91. The second-order valence-corrected chi connectivity index (χ2v) is 15.4. The van der Waals surface area contributed by atoms with Crippen molar-refractivity contribution in [3.05, 3.63) is 143 Å². The van der Waals surface area contributed by atoms with Crippen LogP contribution in [0.2, 0.25) is 0 Å². The zero-order valence-corrected chi connectivity index (χ0v) is 35.0. The van der Waals surface area contributed by atoms with Crippen molar-refractivity contribution >= 4 is 41.4 Å². The van der Waals surface area contributed by atoms with Gasteiger partial charge in [0, 0.05) is 31.2 Å². The molecule has 1 aliphatic rings. The summed E-state index contributed by atoms with van der Waals surface area (Å²) in [6, 6.07) is 16.7. The molecule has 1 fully saturated rings. The number of esters is 1. The number of aromatic amines is 1. The summed E-state index contributed by atoms with van der Waals surface area (Å²) in [5, 5.41) is 56.8. The average molecular weight is 890 g/mol. The van der Waals surface area contributed by atoms with Crippen molar-refractivity contribution in [2.45, 2.75) is 69.0 Å². The molecule has 1 saturated heterocycles. The number of cyclic esters (lactones) is 1. The molecule has 0 spiro atoms. The fourth-order valence-electron chi connectivity index (χ4n) is 7.08. The molecule has 7 atom stereocenters. The number of carbonyl (C=O) groups excluding carboxylic acids is 7. The van der Waals surface area contributed by atoms with Gasteiger partial charge in [0.05, 0.1) is 0 Å². The summed E-state index contributed by atoms with van der Waals surface area (Å²) >= 11 is 0. The molecule has 0 aliphatic carbocycles.